The number of hydrogen-bond donors (Lipinski definition) is 2. The fourth-order valence-corrected chi connectivity index (χ4v) is 2.40. The van der Waals surface area contributed by atoms with Crippen molar-refractivity contribution in [3.05, 3.63) is 34.9 Å². The number of benzene rings is 1. The summed E-state index contributed by atoms with van der Waals surface area (Å²) < 4.78 is 5.37. The minimum atomic E-state index is -0.616. The number of rotatable bonds is 5. The first-order chi connectivity index (χ1) is 10.1. The number of ether oxygens (including phenoxy) is 1. The van der Waals surface area contributed by atoms with Crippen LogP contribution in [0, 0.1) is 0 Å². The Balaban J connectivity index is 1.65. The number of carbonyl (C=O) groups is 2. The maximum atomic E-state index is 11.6. The molecule has 0 saturated carbocycles. The van der Waals surface area contributed by atoms with E-state index in [1.54, 1.807) is 6.07 Å². The van der Waals surface area contributed by atoms with E-state index in [1.807, 2.05) is 18.2 Å². The topological polar surface area (TPSA) is 67.4 Å². The lowest BCUT2D eigenvalue weighted by molar-refractivity contribution is -0.139. The second kappa shape index (κ2) is 8.00. The fraction of sp³-hybridized carbons (Fsp3) is 0.467. The van der Waals surface area contributed by atoms with Crippen molar-refractivity contribution in [2.75, 3.05) is 19.7 Å². The normalized spacial score (nSPS) is 17.5. The lowest BCUT2D eigenvalue weighted by Crippen LogP contribution is -2.43. The molecule has 0 aromatic heterocycles. The van der Waals surface area contributed by atoms with Gasteiger partial charge >= 0.3 is 11.8 Å². The third kappa shape index (κ3) is 5.36. The molecule has 0 spiro atoms. The predicted octanol–water partition coefficient (Wildman–Crippen LogP) is 1.29. The van der Waals surface area contributed by atoms with Gasteiger partial charge in [-0.05, 0) is 37.0 Å². The highest BCUT2D eigenvalue weighted by Crippen LogP contribution is 2.11. The van der Waals surface area contributed by atoms with Gasteiger partial charge in [0.15, 0.2) is 0 Å². The maximum Gasteiger partial charge on any atom is 0.309 e. The summed E-state index contributed by atoms with van der Waals surface area (Å²) >= 11 is 5.88. The Bertz CT molecular complexity index is 501. The molecule has 2 amide bonds. The Hall–Kier alpha value is -1.59. The molecule has 2 N–H and O–H groups in total. The summed E-state index contributed by atoms with van der Waals surface area (Å²) in [6, 6.07) is 7.41. The molecule has 5 nitrogen and oxygen atoms in total. The van der Waals surface area contributed by atoms with Crippen LogP contribution in [0.3, 0.4) is 0 Å². The van der Waals surface area contributed by atoms with Crippen LogP contribution >= 0.6 is 11.6 Å². The number of nitrogens with one attached hydrogen (secondary N) is 2. The molecule has 1 fully saturated rings. The zero-order valence-electron chi connectivity index (χ0n) is 11.7. The van der Waals surface area contributed by atoms with Crippen LogP contribution in [0.15, 0.2) is 24.3 Å². The summed E-state index contributed by atoms with van der Waals surface area (Å²) in [6.07, 6.45) is 2.60. The first-order valence-corrected chi connectivity index (χ1v) is 7.45. The van der Waals surface area contributed by atoms with E-state index < -0.39 is 11.8 Å². The fourth-order valence-electron chi connectivity index (χ4n) is 2.19. The van der Waals surface area contributed by atoms with Crippen LogP contribution in [0.2, 0.25) is 5.02 Å². The summed E-state index contributed by atoms with van der Waals surface area (Å²) in [7, 11) is 0. The van der Waals surface area contributed by atoms with Crippen molar-refractivity contribution in [3.8, 4) is 0 Å². The van der Waals surface area contributed by atoms with Crippen LogP contribution in [-0.2, 0) is 20.7 Å². The molecule has 0 aliphatic carbocycles. The van der Waals surface area contributed by atoms with Gasteiger partial charge < -0.3 is 15.4 Å². The molecule has 1 heterocycles. The molecule has 1 atom stereocenters. The van der Waals surface area contributed by atoms with Crippen molar-refractivity contribution in [1.29, 1.82) is 0 Å². The van der Waals surface area contributed by atoms with Crippen molar-refractivity contribution in [2.24, 2.45) is 0 Å². The number of hydrogen-bond acceptors (Lipinski definition) is 3. The minimum Gasteiger partial charge on any atom is -0.376 e. The highest BCUT2D eigenvalue weighted by Gasteiger charge is 2.18. The number of amides is 2. The second-order valence-corrected chi connectivity index (χ2v) is 5.42. The van der Waals surface area contributed by atoms with Crippen LogP contribution in [-0.4, -0.2) is 37.6 Å². The van der Waals surface area contributed by atoms with Crippen LogP contribution in [0.25, 0.3) is 0 Å². The van der Waals surface area contributed by atoms with Gasteiger partial charge in [-0.15, -0.1) is 0 Å². The Morgan fingerprint density at radius 1 is 1.29 bits per heavy atom. The van der Waals surface area contributed by atoms with Crippen LogP contribution in [0.1, 0.15) is 18.4 Å². The van der Waals surface area contributed by atoms with Crippen molar-refractivity contribution < 1.29 is 14.3 Å². The molecule has 1 aliphatic heterocycles. The Kier molecular flexibility index (Phi) is 6.02. The van der Waals surface area contributed by atoms with Crippen LogP contribution < -0.4 is 10.6 Å². The van der Waals surface area contributed by atoms with Gasteiger partial charge in [0.1, 0.15) is 0 Å². The second-order valence-electron chi connectivity index (χ2n) is 4.98. The third-order valence-corrected chi connectivity index (χ3v) is 3.54. The molecule has 6 heteroatoms. The molecule has 1 aromatic carbocycles. The molecular formula is C15H19ClN2O3. The molecular weight excluding hydrogens is 292 g/mol. The summed E-state index contributed by atoms with van der Waals surface area (Å²) in [5, 5.41) is 5.84. The highest BCUT2D eigenvalue weighted by atomic mass is 35.5. The minimum absolute atomic E-state index is 0.0354. The molecule has 1 unspecified atom stereocenters. The largest absolute Gasteiger partial charge is 0.376 e. The molecule has 114 valence electrons. The van der Waals surface area contributed by atoms with Gasteiger partial charge in [0.25, 0.3) is 0 Å². The van der Waals surface area contributed by atoms with Crippen LogP contribution in [0.5, 0.6) is 0 Å². The van der Waals surface area contributed by atoms with Gasteiger partial charge in [0.05, 0.1) is 6.10 Å². The molecule has 2 rings (SSSR count). The quantitative estimate of drug-likeness (QED) is 0.805. The Labute approximate surface area is 129 Å². The molecule has 0 bridgehead atoms. The lowest BCUT2D eigenvalue weighted by Gasteiger charge is -2.10. The van der Waals surface area contributed by atoms with Gasteiger partial charge in [-0.25, -0.2) is 0 Å². The standard InChI is InChI=1S/C15H19ClN2O3/c16-12-4-1-3-11(9-12)6-7-17-14(19)15(20)18-10-13-5-2-8-21-13/h1,3-4,9,13H,2,5-8,10H2,(H,17,19)(H,18,20). The first kappa shape index (κ1) is 15.8. The van der Waals surface area contributed by atoms with Crippen LogP contribution in [0.4, 0.5) is 0 Å². The van der Waals surface area contributed by atoms with Gasteiger partial charge in [-0.3, -0.25) is 9.59 Å². The van der Waals surface area contributed by atoms with E-state index >= 15 is 0 Å². The molecule has 1 aromatic rings. The number of carbonyl (C=O) groups excluding carboxylic acids is 2. The molecule has 21 heavy (non-hydrogen) atoms. The van der Waals surface area contributed by atoms with Crippen molar-refractivity contribution in [1.82, 2.24) is 10.6 Å². The Morgan fingerprint density at radius 2 is 2.10 bits per heavy atom. The van der Waals surface area contributed by atoms with E-state index in [0.29, 0.717) is 24.5 Å². The molecule has 0 radical (unpaired) electrons. The highest BCUT2D eigenvalue weighted by molar-refractivity contribution is 6.35. The van der Waals surface area contributed by atoms with E-state index in [9.17, 15) is 9.59 Å². The van der Waals surface area contributed by atoms with Crippen molar-refractivity contribution in [3.63, 3.8) is 0 Å². The third-order valence-electron chi connectivity index (χ3n) is 3.31. The van der Waals surface area contributed by atoms with E-state index in [4.69, 9.17) is 16.3 Å². The lowest BCUT2D eigenvalue weighted by atomic mass is 10.1. The molecule has 1 aliphatic rings. The SMILES string of the molecule is O=C(NCCc1cccc(Cl)c1)C(=O)NCC1CCCO1. The summed E-state index contributed by atoms with van der Waals surface area (Å²) in [5.41, 5.74) is 1.02. The van der Waals surface area contributed by atoms with Gasteiger partial charge in [0.2, 0.25) is 0 Å². The van der Waals surface area contributed by atoms with Gasteiger partial charge in [-0.2, -0.15) is 0 Å². The zero-order chi connectivity index (χ0) is 15.1. The summed E-state index contributed by atoms with van der Waals surface area (Å²) in [6.45, 7) is 1.51. The maximum absolute atomic E-state index is 11.6. The van der Waals surface area contributed by atoms with Gasteiger partial charge in [-0.1, -0.05) is 23.7 Å². The first-order valence-electron chi connectivity index (χ1n) is 7.07. The zero-order valence-corrected chi connectivity index (χ0v) is 12.5. The van der Waals surface area contributed by atoms with E-state index in [2.05, 4.69) is 10.6 Å². The van der Waals surface area contributed by atoms with E-state index in [0.717, 1.165) is 25.0 Å². The smallest absolute Gasteiger partial charge is 0.309 e. The average molecular weight is 311 g/mol. The predicted molar refractivity (Wildman–Crippen MR) is 80.1 cm³/mol. The van der Waals surface area contributed by atoms with Crippen molar-refractivity contribution >= 4 is 23.4 Å². The molecule has 1 saturated heterocycles. The summed E-state index contributed by atoms with van der Waals surface area (Å²) in [5.74, 6) is -1.23. The average Bonchev–Trinajstić information content (AvgIpc) is 2.98. The van der Waals surface area contributed by atoms with E-state index in [-0.39, 0.29) is 6.10 Å². The Morgan fingerprint density at radius 3 is 2.81 bits per heavy atom. The van der Waals surface area contributed by atoms with Crippen molar-refractivity contribution in [2.45, 2.75) is 25.4 Å². The van der Waals surface area contributed by atoms with E-state index in [1.165, 1.54) is 0 Å². The number of halogens is 1. The summed E-state index contributed by atoms with van der Waals surface area (Å²) in [4.78, 5) is 23.2. The van der Waals surface area contributed by atoms with Gasteiger partial charge in [0, 0.05) is 24.7 Å². The monoisotopic (exact) mass is 310 g/mol.